The number of fused-ring (bicyclic) bond motifs is 1. The quantitative estimate of drug-likeness (QED) is 0.393. The van der Waals surface area contributed by atoms with Gasteiger partial charge in [-0.1, -0.05) is 30.3 Å². The Balaban J connectivity index is 1.56. The molecule has 1 unspecified atom stereocenters. The van der Waals surface area contributed by atoms with E-state index in [0.29, 0.717) is 29.0 Å². The molecule has 1 atom stereocenters. The zero-order valence-electron chi connectivity index (χ0n) is 19.5. The molecule has 1 aliphatic heterocycles. The Kier molecular flexibility index (Phi) is 6.14. The van der Waals surface area contributed by atoms with Crippen molar-refractivity contribution in [2.45, 2.75) is 25.7 Å². The van der Waals surface area contributed by atoms with E-state index in [1.165, 1.54) is 12.1 Å². The Morgan fingerprint density at radius 2 is 1.78 bits per heavy atom. The van der Waals surface area contributed by atoms with Crippen LogP contribution in [0.2, 0.25) is 0 Å². The number of halogens is 3. The molecule has 0 spiro atoms. The van der Waals surface area contributed by atoms with E-state index < -0.39 is 27.9 Å². The van der Waals surface area contributed by atoms with E-state index in [1.54, 1.807) is 13.0 Å². The molecule has 0 aliphatic carbocycles. The third-order valence-electron chi connectivity index (χ3n) is 6.06. The van der Waals surface area contributed by atoms with Crippen LogP contribution in [0.5, 0.6) is 5.75 Å². The third-order valence-corrected chi connectivity index (χ3v) is 7.81. The zero-order chi connectivity index (χ0) is 26.4. The summed E-state index contributed by atoms with van der Waals surface area (Å²) in [4.78, 5) is 22.5. The maximum Gasteiger partial charge on any atom is 0.573 e. The number of pyridine rings is 1. The standard InChI is InChI=1S/C25H21F3N4O4S/c1-15-29-22-21(32(15)18-11-12-37(34,35)14-18)13-20(16-5-3-2-4-6-16)31-23(22)24(33)30-17-7-9-19(10-8-17)36-25(26,27)28/h2-10,13,18H,11-12,14H2,1H3,(H,30,33). The van der Waals surface area contributed by atoms with Crippen molar-refractivity contribution in [2.75, 3.05) is 16.8 Å². The molecule has 37 heavy (non-hydrogen) atoms. The lowest BCUT2D eigenvalue weighted by Gasteiger charge is -2.15. The molecule has 0 radical (unpaired) electrons. The van der Waals surface area contributed by atoms with E-state index in [9.17, 15) is 26.4 Å². The Morgan fingerprint density at radius 3 is 2.41 bits per heavy atom. The summed E-state index contributed by atoms with van der Waals surface area (Å²) in [6, 6.07) is 15.4. The molecule has 1 aliphatic rings. The number of nitrogens with one attached hydrogen (secondary N) is 1. The van der Waals surface area contributed by atoms with Gasteiger partial charge in [0.2, 0.25) is 0 Å². The number of anilines is 1. The Hall–Kier alpha value is -3.93. The van der Waals surface area contributed by atoms with Crippen LogP contribution in [0.3, 0.4) is 0 Å². The highest BCUT2D eigenvalue weighted by Gasteiger charge is 2.33. The number of aryl methyl sites for hydroxylation is 1. The maximum atomic E-state index is 13.3. The number of ether oxygens (including phenoxy) is 1. The second kappa shape index (κ2) is 9.18. The highest BCUT2D eigenvalue weighted by molar-refractivity contribution is 7.91. The van der Waals surface area contributed by atoms with Gasteiger partial charge in [-0.05, 0) is 43.7 Å². The molecular weight excluding hydrogens is 509 g/mol. The number of carbonyl (C=O) groups excluding carboxylic acids is 1. The minimum absolute atomic E-state index is 0.00896. The van der Waals surface area contributed by atoms with Crippen molar-refractivity contribution in [3.63, 3.8) is 0 Å². The highest BCUT2D eigenvalue weighted by atomic mass is 32.2. The molecule has 8 nitrogen and oxygen atoms in total. The Morgan fingerprint density at radius 1 is 1.08 bits per heavy atom. The minimum atomic E-state index is -4.83. The lowest BCUT2D eigenvalue weighted by atomic mass is 10.1. The molecule has 1 saturated heterocycles. The van der Waals surface area contributed by atoms with Crippen LogP contribution in [0.15, 0.2) is 60.7 Å². The second-order valence-electron chi connectivity index (χ2n) is 8.70. The number of nitrogens with zero attached hydrogens (tertiary/aromatic N) is 3. The first-order valence-corrected chi connectivity index (χ1v) is 13.1. The van der Waals surface area contributed by atoms with Gasteiger partial charge in [0.15, 0.2) is 15.5 Å². The van der Waals surface area contributed by atoms with Crippen LogP contribution in [0.25, 0.3) is 22.3 Å². The summed E-state index contributed by atoms with van der Waals surface area (Å²) in [7, 11) is -3.18. The smallest absolute Gasteiger partial charge is 0.406 e. The van der Waals surface area contributed by atoms with Crippen LogP contribution in [-0.2, 0) is 9.84 Å². The first kappa shape index (κ1) is 24.8. The lowest BCUT2D eigenvalue weighted by molar-refractivity contribution is -0.274. The topological polar surface area (TPSA) is 103 Å². The van der Waals surface area contributed by atoms with Gasteiger partial charge in [0, 0.05) is 11.3 Å². The van der Waals surface area contributed by atoms with Crippen molar-refractivity contribution in [3.8, 4) is 17.0 Å². The van der Waals surface area contributed by atoms with Crippen LogP contribution < -0.4 is 10.1 Å². The molecule has 0 saturated carbocycles. The molecule has 3 heterocycles. The first-order chi connectivity index (χ1) is 17.5. The number of carbonyl (C=O) groups is 1. The molecule has 1 fully saturated rings. The fourth-order valence-corrected chi connectivity index (χ4v) is 6.19. The Bertz CT molecular complexity index is 1580. The molecule has 5 rings (SSSR count). The van der Waals surface area contributed by atoms with E-state index in [-0.39, 0.29) is 28.9 Å². The number of hydrogen-bond acceptors (Lipinski definition) is 6. The fraction of sp³-hybridized carbons (Fsp3) is 0.240. The number of hydrogen-bond donors (Lipinski definition) is 1. The van der Waals surface area contributed by atoms with E-state index in [0.717, 1.165) is 17.7 Å². The number of aromatic nitrogens is 3. The van der Waals surface area contributed by atoms with Gasteiger partial charge in [0.05, 0.1) is 28.8 Å². The predicted octanol–water partition coefficient (Wildman–Crippen LogP) is 4.92. The van der Waals surface area contributed by atoms with Gasteiger partial charge >= 0.3 is 6.36 Å². The van der Waals surface area contributed by atoms with Crippen LogP contribution in [0, 0.1) is 6.92 Å². The zero-order valence-corrected chi connectivity index (χ0v) is 20.3. The number of sulfone groups is 1. The SMILES string of the molecule is Cc1nc2c(C(=O)Nc3ccc(OC(F)(F)F)cc3)nc(-c3ccccc3)cc2n1C1CCS(=O)(=O)C1. The molecule has 1 amide bonds. The van der Waals surface area contributed by atoms with E-state index in [2.05, 4.69) is 20.0 Å². The van der Waals surface area contributed by atoms with Gasteiger partial charge in [-0.3, -0.25) is 4.79 Å². The highest BCUT2D eigenvalue weighted by Crippen LogP contribution is 2.33. The molecule has 4 aromatic rings. The summed E-state index contributed by atoms with van der Waals surface area (Å²) >= 11 is 0. The van der Waals surface area contributed by atoms with Crippen LogP contribution >= 0.6 is 0 Å². The average molecular weight is 531 g/mol. The number of amides is 1. The Labute approximate surface area is 210 Å². The molecule has 12 heteroatoms. The fourth-order valence-electron chi connectivity index (χ4n) is 4.49. The van der Waals surface area contributed by atoms with E-state index in [1.807, 2.05) is 34.9 Å². The van der Waals surface area contributed by atoms with Gasteiger partial charge in [-0.15, -0.1) is 13.2 Å². The molecule has 2 aromatic carbocycles. The largest absolute Gasteiger partial charge is 0.573 e. The van der Waals surface area contributed by atoms with Crippen molar-refractivity contribution in [3.05, 3.63) is 72.2 Å². The maximum absolute atomic E-state index is 13.3. The van der Waals surface area contributed by atoms with Crippen LogP contribution in [0.1, 0.15) is 28.8 Å². The average Bonchev–Trinajstić information content (AvgIpc) is 3.36. The molecule has 192 valence electrons. The first-order valence-electron chi connectivity index (χ1n) is 11.3. The molecule has 2 aromatic heterocycles. The summed E-state index contributed by atoms with van der Waals surface area (Å²) < 4.78 is 67.4. The number of rotatable bonds is 5. The van der Waals surface area contributed by atoms with Crippen molar-refractivity contribution in [1.29, 1.82) is 0 Å². The summed E-state index contributed by atoms with van der Waals surface area (Å²) in [5.41, 5.74) is 2.36. The molecular formula is C25H21F3N4O4S. The monoisotopic (exact) mass is 530 g/mol. The lowest BCUT2D eigenvalue weighted by Crippen LogP contribution is -2.17. The summed E-state index contributed by atoms with van der Waals surface area (Å²) in [6.07, 6.45) is -4.39. The van der Waals surface area contributed by atoms with Crippen LogP contribution in [-0.4, -0.2) is 46.7 Å². The van der Waals surface area contributed by atoms with Gasteiger partial charge in [0.25, 0.3) is 5.91 Å². The number of benzene rings is 2. The normalized spacial score (nSPS) is 17.1. The number of imidazole rings is 1. The summed E-state index contributed by atoms with van der Waals surface area (Å²) in [6.45, 7) is 1.74. The van der Waals surface area contributed by atoms with Gasteiger partial charge < -0.3 is 14.6 Å². The number of alkyl halides is 3. The van der Waals surface area contributed by atoms with Crippen molar-refractivity contribution in [1.82, 2.24) is 14.5 Å². The third kappa shape index (κ3) is 5.29. The van der Waals surface area contributed by atoms with Gasteiger partial charge in [0.1, 0.15) is 17.1 Å². The van der Waals surface area contributed by atoms with Gasteiger partial charge in [-0.2, -0.15) is 0 Å². The van der Waals surface area contributed by atoms with E-state index in [4.69, 9.17) is 0 Å². The second-order valence-corrected chi connectivity index (χ2v) is 10.9. The summed E-state index contributed by atoms with van der Waals surface area (Å²) in [5, 5.41) is 2.65. The van der Waals surface area contributed by atoms with Crippen molar-refractivity contribution in [2.24, 2.45) is 0 Å². The van der Waals surface area contributed by atoms with Crippen molar-refractivity contribution < 1.29 is 31.1 Å². The van der Waals surface area contributed by atoms with Crippen molar-refractivity contribution >= 4 is 32.5 Å². The summed E-state index contributed by atoms with van der Waals surface area (Å²) in [5.74, 6) is -0.425. The molecule has 0 bridgehead atoms. The van der Waals surface area contributed by atoms with E-state index >= 15 is 0 Å². The predicted molar refractivity (Wildman–Crippen MR) is 131 cm³/mol. The van der Waals surface area contributed by atoms with Crippen LogP contribution in [0.4, 0.5) is 18.9 Å². The van der Waals surface area contributed by atoms with Gasteiger partial charge in [-0.25, -0.2) is 18.4 Å². The molecule has 1 N–H and O–H groups in total. The minimum Gasteiger partial charge on any atom is -0.406 e.